The standard InChI is InChI=1S/C22H19N3O3/c1-28-18-11-12-19-20(13-18)25(14-15-5-3-2-4-6-15)23-21(19)16-7-9-17(10-8-16)22(26)24-27/h2-13,27H,14H2,1H3,(H,24,26). The molecule has 0 aliphatic rings. The van der Waals surface area contributed by atoms with Gasteiger partial charge in [0, 0.05) is 22.6 Å². The smallest absolute Gasteiger partial charge is 0.274 e. The van der Waals surface area contributed by atoms with Gasteiger partial charge in [-0.2, -0.15) is 5.10 Å². The Hall–Kier alpha value is -3.64. The lowest BCUT2D eigenvalue weighted by atomic mass is 10.1. The predicted molar refractivity (Wildman–Crippen MR) is 107 cm³/mol. The summed E-state index contributed by atoms with van der Waals surface area (Å²) in [4.78, 5) is 11.6. The van der Waals surface area contributed by atoms with Gasteiger partial charge in [0.05, 0.1) is 19.2 Å². The first-order chi connectivity index (χ1) is 13.7. The van der Waals surface area contributed by atoms with Gasteiger partial charge in [-0.25, -0.2) is 5.48 Å². The molecule has 0 aliphatic carbocycles. The fraction of sp³-hybridized carbons (Fsp3) is 0.0909. The highest BCUT2D eigenvalue weighted by molar-refractivity contribution is 5.96. The van der Waals surface area contributed by atoms with Crippen molar-refractivity contribution in [3.05, 3.63) is 83.9 Å². The van der Waals surface area contributed by atoms with Crippen molar-refractivity contribution in [3.8, 4) is 17.0 Å². The summed E-state index contributed by atoms with van der Waals surface area (Å²) in [5.41, 5.74) is 5.84. The Kier molecular flexibility index (Phi) is 4.78. The van der Waals surface area contributed by atoms with Gasteiger partial charge in [-0.15, -0.1) is 0 Å². The highest BCUT2D eigenvalue weighted by Crippen LogP contribution is 2.31. The lowest BCUT2D eigenvalue weighted by Gasteiger charge is -2.05. The zero-order valence-corrected chi connectivity index (χ0v) is 15.3. The van der Waals surface area contributed by atoms with Crippen LogP contribution in [0.3, 0.4) is 0 Å². The first-order valence-electron chi connectivity index (χ1n) is 8.83. The van der Waals surface area contributed by atoms with Crippen LogP contribution in [0.2, 0.25) is 0 Å². The molecule has 2 N–H and O–H groups in total. The number of fused-ring (bicyclic) bond motifs is 1. The molecule has 0 fully saturated rings. The molecule has 1 amide bonds. The van der Waals surface area contributed by atoms with Crippen LogP contribution in [0, 0.1) is 0 Å². The largest absolute Gasteiger partial charge is 0.497 e. The first kappa shape index (κ1) is 17.8. The first-order valence-corrected chi connectivity index (χ1v) is 8.83. The van der Waals surface area contributed by atoms with E-state index in [2.05, 4.69) is 12.1 Å². The topological polar surface area (TPSA) is 76.4 Å². The third-order valence-electron chi connectivity index (χ3n) is 4.66. The zero-order valence-electron chi connectivity index (χ0n) is 15.3. The summed E-state index contributed by atoms with van der Waals surface area (Å²) in [6, 6.07) is 23.0. The maximum Gasteiger partial charge on any atom is 0.274 e. The van der Waals surface area contributed by atoms with Crippen LogP contribution in [0.4, 0.5) is 0 Å². The quantitative estimate of drug-likeness (QED) is 0.411. The fourth-order valence-corrected chi connectivity index (χ4v) is 3.21. The number of hydroxylamine groups is 1. The van der Waals surface area contributed by atoms with Crippen LogP contribution in [0.15, 0.2) is 72.8 Å². The van der Waals surface area contributed by atoms with Crippen LogP contribution in [0.25, 0.3) is 22.2 Å². The van der Waals surface area contributed by atoms with Gasteiger partial charge < -0.3 is 4.74 Å². The molecular weight excluding hydrogens is 354 g/mol. The Balaban J connectivity index is 1.81. The van der Waals surface area contributed by atoms with E-state index in [9.17, 15) is 4.79 Å². The number of hydrogen-bond donors (Lipinski definition) is 2. The Morgan fingerprint density at radius 3 is 2.50 bits per heavy atom. The molecule has 0 saturated heterocycles. The van der Waals surface area contributed by atoms with Crippen molar-refractivity contribution < 1.29 is 14.7 Å². The molecule has 4 rings (SSSR count). The normalized spacial score (nSPS) is 10.8. The molecule has 0 atom stereocenters. The maximum atomic E-state index is 11.6. The summed E-state index contributed by atoms with van der Waals surface area (Å²) in [7, 11) is 1.64. The summed E-state index contributed by atoms with van der Waals surface area (Å²) in [5.74, 6) is 0.221. The van der Waals surface area contributed by atoms with E-state index in [-0.39, 0.29) is 0 Å². The summed E-state index contributed by atoms with van der Waals surface area (Å²) < 4.78 is 7.34. The molecule has 0 saturated carbocycles. The van der Waals surface area contributed by atoms with Crippen molar-refractivity contribution in [2.24, 2.45) is 0 Å². The summed E-state index contributed by atoms with van der Waals surface area (Å²) in [5, 5.41) is 14.6. The fourth-order valence-electron chi connectivity index (χ4n) is 3.21. The van der Waals surface area contributed by atoms with Crippen molar-refractivity contribution in [2.45, 2.75) is 6.54 Å². The molecule has 3 aromatic carbocycles. The Labute approximate surface area is 162 Å². The van der Waals surface area contributed by atoms with Crippen LogP contribution >= 0.6 is 0 Å². The molecule has 0 unspecified atom stereocenters. The number of aromatic nitrogens is 2. The molecule has 0 bridgehead atoms. The number of amides is 1. The van der Waals surface area contributed by atoms with E-state index in [0.29, 0.717) is 12.1 Å². The molecule has 0 spiro atoms. The molecule has 28 heavy (non-hydrogen) atoms. The van der Waals surface area contributed by atoms with E-state index in [0.717, 1.165) is 33.5 Å². The van der Waals surface area contributed by atoms with Crippen molar-refractivity contribution in [2.75, 3.05) is 7.11 Å². The van der Waals surface area contributed by atoms with Crippen LogP contribution in [-0.2, 0) is 6.54 Å². The monoisotopic (exact) mass is 373 g/mol. The number of nitrogens with one attached hydrogen (secondary N) is 1. The molecule has 0 radical (unpaired) electrons. The number of carbonyl (C=O) groups is 1. The van der Waals surface area contributed by atoms with Crippen molar-refractivity contribution in [1.29, 1.82) is 0 Å². The number of ether oxygens (including phenoxy) is 1. The molecule has 1 aromatic heterocycles. The second-order valence-electron chi connectivity index (χ2n) is 6.39. The molecule has 1 heterocycles. The minimum Gasteiger partial charge on any atom is -0.497 e. The number of hydrogen-bond acceptors (Lipinski definition) is 4. The van der Waals surface area contributed by atoms with Crippen LogP contribution in [0.1, 0.15) is 15.9 Å². The number of carbonyl (C=O) groups excluding carboxylic acids is 1. The second-order valence-corrected chi connectivity index (χ2v) is 6.39. The van der Waals surface area contributed by atoms with Gasteiger partial charge in [0.15, 0.2) is 0 Å². The molecule has 0 aliphatic heterocycles. The predicted octanol–water partition coefficient (Wildman–Crippen LogP) is 3.88. The Morgan fingerprint density at radius 2 is 1.82 bits per heavy atom. The molecule has 6 nitrogen and oxygen atoms in total. The number of benzene rings is 3. The highest BCUT2D eigenvalue weighted by atomic mass is 16.5. The lowest BCUT2D eigenvalue weighted by Crippen LogP contribution is -2.18. The average Bonchev–Trinajstić information content (AvgIpc) is 3.11. The van der Waals surface area contributed by atoms with Crippen molar-refractivity contribution in [3.63, 3.8) is 0 Å². The third-order valence-corrected chi connectivity index (χ3v) is 4.66. The number of rotatable bonds is 5. The summed E-state index contributed by atoms with van der Waals surface area (Å²) in [6.07, 6.45) is 0. The van der Waals surface area contributed by atoms with E-state index in [1.807, 2.05) is 53.2 Å². The van der Waals surface area contributed by atoms with Gasteiger partial charge in [0.1, 0.15) is 11.4 Å². The Morgan fingerprint density at radius 1 is 1.07 bits per heavy atom. The van der Waals surface area contributed by atoms with Gasteiger partial charge in [0.2, 0.25) is 0 Å². The van der Waals surface area contributed by atoms with E-state index in [1.54, 1.807) is 24.7 Å². The molecule has 140 valence electrons. The average molecular weight is 373 g/mol. The van der Waals surface area contributed by atoms with Crippen LogP contribution in [-0.4, -0.2) is 28.0 Å². The van der Waals surface area contributed by atoms with E-state index < -0.39 is 5.91 Å². The second kappa shape index (κ2) is 7.54. The van der Waals surface area contributed by atoms with Crippen LogP contribution in [0.5, 0.6) is 5.75 Å². The number of methoxy groups -OCH3 is 1. The van der Waals surface area contributed by atoms with Crippen LogP contribution < -0.4 is 10.2 Å². The van der Waals surface area contributed by atoms with E-state index in [4.69, 9.17) is 15.0 Å². The number of nitrogens with zero attached hydrogens (tertiary/aromatic N) is 2. The SMILES string of the molecule is COc1ccc2c(-c3ccc(C(=O)NO)cc3)nn(Cc3ccccc3)c2c1. The van der Waals surface area contributed by atoms with Gasteiger partial charge in [-0.1, -0.05) is 42.5 Å². The minimum absolute atomic E-state index is 0.376. The highest BCUT2D eigenvalue weighted by Gasteiger charge is 2.14. The van der Waals surface area contributed by atoms with E-state index >= 15 is 0 Å². The Bertz CT molecular complexity index is 1120. The lowest BCUT2D eigenvalue weighted by molar-refractivity contribution is 0.0706. The minimum atomic E-state index is -0.546. The van der Waals surface area contributed by atoms with E-state index in [1.165, 1.54) is 0 Å². The summed E-state index contributed by atoms with van der Waals surface area (Å²) in [6.45, 7) is 0.634. The summed E-state index contributed by atoms with van der Waals surface area (Å²) >= 11 is 0. The van der Waals surface area contributed by atoms with Crippen molar-refractivity contribution >= 4 is 16.8 Å². The maximum absolute atomic E-state index is 11.6. The molecule has 6 heteroatoms. The zero-order chi connectivity index (χ0) is 19.5. The van der Waals surface area contributed by atoms with Gasteiger partial charge in [-0.05, 0) is 29.8 Å². The van der Waals surface area contributed by atoms with Gasteiger partial charge in [-0.3, -0.25) is 14.7 Å². The van der Waals surface area contributed by atoms with Crippen molar-refractivity contribution in [1.82, 2.24) is 15.3 Å². The van der Waals surface area contributed by atoms with Gasteiger partial charge in [0.25, 0.3) is 5.91 Å². The molecular formula is C22H19N3O3. The molecule has 4 aromatic rings. The third kappa shape index (κ3) is 3.33. The van der Waals surface area contributed by atoms with Gasteiger partial charge >= 0.3 is 0 Å².